The zero-order chi connectivity index (χ0) is 15.2. The molecule has 0 heterocycles. The SMILES string of the molecule is CCOC(C(=O)Cc1ccc(F)cc1C)c1ccccc1. The molecule has 0 bridgehead atoms. The average Bonchev–Trinajstić information content (AvgIpc) is 2.48. The van der Waals surface area contributed by atoms with Gasteiger partial charge in [0.25, 0.3) is 0 Å². The van der Waals surface area contributed by atoms with Crippen LogP contribution in [-0.2, 0) is 16.0 Å². The molecule has 1 unspecified atom stereocenters. The molecule has 0 aliphatic carbocycles. The second-order valence-corrected chi connectivity index (χ2v) is 4.96. The first-order valence-electron chi connectivity index (χ1n) is 7.06. The number of hydrogen-bond donors (Lipinski definition) is 0. The molecule has 2 nitrogen and oxygen atoms in total. The molecule has 0 spiro atoms. The number of rotatable bonds is 6. The Morgan fingerprint density at radius 1 is 1.19 bits per heavy atom. The summed E-state index contributed by atoms with van der Waals surface area (Å²) in [5.41, 5.74) is 2.47. The lowest BCUT2D eigenvalue weighted by Crippen LogP contribution is -2.18. The van der Waals surface area contributed by atoms with E-state index in [1.54, 1.807) is 6.07 Å². The van der Waals surface area contributed by atoms with E-state index in [-0.39, 0.29) is 18.0 Å². The van der Waals surface area contributed by atoms with Gasteiger partial charge in [-0.05, 0) is 42.7 Å². The number of aryl methyl sites for hydroxylation is 1. The van der Waals surface area contributed by atoms with Crippen molar-refractivity contribution in [2.75, 3.05) is 6.61 Å². The maximum Gasteiger partial charge on any atom is 0.170 e. The maximum absolute atomic E-state index is 13.1. The molecule has 0 radical (unpaired) electrons. The molecule has 3 heteroatoms. The molecule has 0 aliphatic rings. The Hall–Kier alpha value is -2.00. The maximum atomic E-state index is 13.1. The lowest BCUT2D eigenvalue weighted by Gasteiger charge is -2.17. The number of hydrogen-bond acceptors (Lipinski definition) is 2. The minimum absolute atomic E-state index is 0.0160. The summed E-state index contributed by atoms with van der Waals surface area (Å²) in [6, 6.07) is 13.9. The Balaban J connectivity index is 2.19. The highest BCUT2D eigenvalue weighted by Crippen LogP contribution is 2.21. The van der Waals surface area contributed by atoms with Gasteiger partial charge < -0.3 is 4.74 Å². The van der Waals surface area contributed by atoms with Crippen LogP contribution < -0.4 is 0 Å². The van der Waals surface area contributed by atoms with Crippen LogP contribution in [0.2, 0.25) is 0 Å². The molecule has 2 aromatic rings. The summed E-state index contributed by atoms with van der Waals surface area (Å²) < 4.78 is 18.7. The monoisotopic (exact) mass is 286 g/mol. The van der Waals surface area contributed by atoms with Gasteiger partial charge in [-0.15, -0.1) is 0 Å². The fraction of sp³-hybridized carbons (Fsp3) is 0.278. The molecular weight excluding hydrogens is 267 g/mol. The van der Waals surface area contributed by atoms with Crippen molar-refractivity contribution in [3.63, 3.8) is 0 Å². The predicted octanol–water partition coefficient (Wildman–Crippen LogP) is 4.02. The fourth-order valence-corrected chi connectivity index (χ4v) is 2.31. The Morgan fingerprint density at radius 3 is 2.52 bits per heavy atom. The lowest BCUT2D eigenvalue weighted by molar-refractivity contribution is -0.130. The molecule has 0 aromatic heterocycles. The number of Topliss-reactive ketones (excluding diaryl/α,β-unsaturated/α-hetero) is 1. The third-order valence-corrected chi connectivity index (χ3v) is 3.40. The summed E-state index contributed by atoms with van der Waals surface area (Å²) in [4.78, 5) is 12.5. The molecule has 0 aliphatic heterocycles. The first-order chi connectivity index (χ1) is 10.1. The summed E-state index contributed by atoms with van der Waals surface area (Å²) in [5, 5.41) is 0. The minimum Gasteiger partial charge on any atom is -0.366 e. The van der Waals surface area contributed by atoms with Gasteiger partial charge in [0.05, 0.1) is 0 Å². The van der Waals surface area contributed by atoms with Crippen LogP contribution in [0.5, 0.6) is 0 Å². The number of carbonyl (C=O) groups excluding carboxylic acids is 1. The topological polar surface area (TPSA) is 26.3 Å². The van der Waals surface area contributed by atoms with E-state index < -0.39 is 6.10 Å². The molecule has 0 saturated heterocycles. The summed E-state index contributed by atoms with van der Waals surface area (Å²) in [6.45, 7) is 4.14. The quantitative estimate of drug-likeness (QED) is 0.801. The van der Waals surface area contributed by atoms with Gasteiger partial charge in [-0.1, -0.05) is 36.4 Å². The second kappa shape index (κ2) is 7.14. The molecule has 21 heavy (non-hydrogen) atoms. The number of carbonyl (C=O) groups is 1. The molecule has 0 N–H and O–H groups in total. The van der Waals surface area contributed by atoms with Crippen LogP contribution in [0.1, 0.15) is 29.7 Å². The van der Waals surface area contributed by atoms with Crippen LogP contribution in [0.3, 0.4) is 0 Å². The van der Waals surface area contributed by atoms with E-state index in [4.69, 9.17) is 4.74 Å². The van der Waals surface area contributed by atoms with E-state index in [0.29, 0.717) is 6.61 Å². The molecule has 0 fully saturated rings. The zero-order valence-electron chi connectivity index (χ0n) is 12.3. The molecule has 2 aromatic carbocycles. The smallest absolute Gasteiger partial charge is 0.170 e. The molecule has 1 atom stereocenters. The van der Waals surface area contributed by atoms with Crippen LogP contribution in [0.4, 0.5) is 4.39 Å². The molecule has 0 saturated carbocycles. The van der Waals surface area contributed by atoms with Gasteiger partial charge in [0.1, 0.15) is 11.9 Å². The van der Waals surface area contributed by atoms with E-state index >= 15 is 0 Å². The number of ether oxygens (including phenoxy) is 1. The first-order valence-corrected chi connectivity index (χ1v) is 7.06. The van der Waals surface area contributed by atoms with Gasteiger partial charge in [-0.25, -0.2) is 4.39 Å². The van der Waals surface area contributed by atoms with Crippen molar-refractivity contribution in [2.45, 2.75) is 26.4 Å². The van der Waals surface area contributed by atoms with Crippen molar-refractivity contribution in [3.05, 3.63) is 71.0 Å². The summed E-state index contributed by atoms with van der Waals surface area (Å²) in [7, 11) is 0. The Kier molecular flexibility index (Phi) is 5.23. The number of halogens is 1. The van der Waals surface area contributed by atoms with E-state index in [2.05, 4.69) is 0 Å². The van der Waals surface area contributed by atoms with Gasteiger partial charge in [-0.3, -0.25) is 4.79 Å². The van der Waals surface area contributed by atoms with Crippen molar-refractivity contribution >= 4 is 5.78 Å². The first kappa shape index (κ1) is 15.4. The second-order valence-electron chi connectivity index (χ2n) is 4.96. The van der Waals surface area contributed by atoms with Crippen molar-refractivity contribution in [1.29, 1.82) is 0 Å². The van der Waals surface area contributed by atoms with Crippen molar-refractivity contribution in [3.8, 4) is 0 Å². The zero-order valence-corrected chi connectivity index (χ0v) is 12.3. The molecule has 110 valence electrons. The Morgan fingerprint density at radius 2 is 1.90 bits per heavy atom. The van der Waals surface area contributed by atoms with Crippen molar-refractivity contribution < 1.29 is 13.9 Å². The third kappa shape index (κ3) is 3.99. The predicted molar refractivity (Wildman–Crippen MR) is 80.7 cm³/mol. The Labute approximate surface area is 124 Å². The number of benzene rings is 2. The lowest BCUT2D eigenvalue weighted by atomic mass is 9.97. The van der Waals surface area contributed by atoms with E-state index in [1.807, 2.05) is 44.2 Å². The molecular formula is C18H19FO2. The summed E-state index contributed by atoms with van der Waals surface area (Å²) in [6.07, 6.45) is -0.327. The van der Waals surface area contributed by atoms with Crippen molar-refractivity contribution in [2.24, 2.45) is 0 Å². The van der Waals surface area contributed by atoms with E-state index in [9.17, 15) is 9.18 Å². The van der Waals surface area contributed by atoms with Crippen LogP contribution in [0.15, 0.2) is 48.5 Å². The standard InChI is InChI=1S/C18H19FO2/c1-3-21-18(14-7-5-4-6-8-14)17(20)12-15-9-10-16(19)11-13(15)2/h4-11,18H,3,12H2,1-2H3. The summed E-state index contributed by atoms with van der Waals surface area (Å²) in [5.74, 6) is -0.300. The normalized spacial score (nSPS) is 12.1. The molecule has 2 rings (SSSR count). The highest BCUT2D eigenvalue weighted by molar-refractivity contribution is 5.86. The van der Waals surface area contributed by atoms with Crippen LogP contribution in [-0.4, -0.2) is 12.4 Å². The highest BCUT2D eigenvalue weighted by Gasteiger charge is 2.21. The van der Waals surface area contributed by atoms with Gasteiger partial charge >= 0.3 is 0 Å². The summed E-state index contributed by atoms with van der Waals surface area (Å²) >= 11 is 0. The van der Waals surface area contributed by atoms with Crippen LogP contribution in [0, 0.1) is 12.7 Å². The molecule has 0 amide bonds. The van der Waals surface area contributed by atoms with Gasteiger partial charge in [0, 0.05) is 13.0 Å². The average molecular weight is 286 g/mol. The minimum atomic E-state index is -0.569. The number of ketones is 1. The highest BCUT2D eigenvalue weighted by atomic mass is 19.1. The van der Waals surface area contributed by atoms with Crippen molar-refractivity contribution in [1.82, 2.24) is 0 Å². The van der Waals surface area contributed by atoms with Gasteiger partial charge in [0.15, 0.2) is 5.78 Å². The van der Waals surface area contributed by atoms with E-state index in [0.717, 1.165) is 16.7 Å². The van der Waals surface area contributed by atoms with Gasteiger partial charge in [0.2, 0.25) is 0 Å². The van der Waals surface area contributed by atoms with E-state index in [1.165, 1.54) is 12.1 Å². The van der Waals surface area contributed by atoms with Gasteiger partial charge in [-0.2, -0.15) is 0 Å². The largest absolute Gasteiger partial charge is 0.366 e. The fourth-order valence-electron chi connectivity index (χ4n) is 2.31. The van der Waals surface area contributed by atoms with Crippen LogP contribution in [0.25, 0.3) is 0 Å². The Bertz CT molecular complexity index is 608. The van der Waals surface area contributed by atoms with Crippen LogP contribution >= 0.6 is 0 Å². The third-order valence-electron chi connectivity index (χ3n) is 3.40.